The van der Waals surface area contributed by atoms with E-state index in [9.17, 15) is 13.2 Å². The summed E-state index contributed by atoms with van der Waals surface area (Å²) in [4.78, 5) is 0. The molecule has 0 bridgehead atoms. The Hall–Kier alpha value is -1.85. The molecule has 2 aromatic rings. The largest absolute Gasteiger partial charge is 0.416 e. The number of hydrogen-bond acceptors (Lipinski definition) is 2. The molecular formula is C17H18F3NO. The summed E-state index contributed by atoms with van der Waals surface area (Å²) in [6.07, 6.45) is -4.70. The molecule has 0 radical (unpaired) electrons. The predicted octanol–water partition coefficient (Wildman–Crippen LogP) is 4.03. The van der Waals surface area contributed by atoms with Crippen LogP contribution in [-0.4, -0.2) is 20.2 Å². The van der Waals surface area contributed by atoms with Crippen LogP contribution in [0.4, 0.5) is 13.2 Å². The number of halogens is 3. The molecule has 0 aromatic heterocycles. The average molecular weight is 309 g/mol. The van der Waals surface area contributed by atoms with E-state index >= 15 is 0 Å². The third-order valence-electron chi connectivity index (χ3n) is 3.28. The summed E-state index contributed by atoms with van der Waals surface area (Å²) in [6, 6.07) is 14.6. The zero-order valence-electron chi connectivity index (χ0n) is 12.2. The maximum absolute atomic E-state index is 12.7. The Morgan fingerprint density at radius 1 is 0.955 bits per heavy atom. The van der Waals surface area contributed by atoms with Crippen LogP contribution in [0, 0.1) is 0 Å². The summed E-state index contributed by atoms with van der Waals surface area (Å²) >= 11 is 0. The van der Waals surface area contributed by atoms with E-state index in [1.165, 1.54) is 12.1 Å². The van der Waals surface area contributed by atoms with Gasteiger partial charge in [0, 0.05) is 6.54 Å². The minimum atomic E-state index is -4.33. The average Bonchev–Trinajstić information content (AvgIpc) is 2.52. The molecule has 0 aliphatic carbocycles. The summed E-state index contributed by atoms with van der Waals surface area (Å²) in [6.45, 7) is 1.14. The lowest BCUT2D eigenvalue weighted by Crippen LogP contribution is -2.17. The molecule has 0 spiro atoms. The van der Waals surface area contributed by atoms with Crippen LogP contribution in [0.3, 0.4) is 0 Å². The number of benzene rings is 2. The van der Waals surface area contributed by atoms with Crippen LogP contribution in [0.25, 0.3) is 0 Å². The molecule has 5 heteroatoms. The third kappa shape index (κ3) is 4.32. The Balaban J connectivity index is 2.25. The zero-order valence-corrected chi connectivity index (χ0v) is 12.2. The van der Waals surface area contributed by atoms with Crippen molar-refractivity contribution in [1.29, 1.82) is 0 Å². The first-order valence-corrected chi connectivity index (χ1v) is 7.00. The highest BCUT2D eigenvalue weighted by molar-refractivity contribution is 5.33. The van der Waals surface area contributed by atoms with Gasteiger partial charge >= 0.3 is 6.18 Å². The maximum Gasteiger partial charge on any atom is 0.416 e. The van der Waals surface area contributed by atoms with Crippen molar-refractivity contribution in [1.82, 2.24) is 5.32 Å². The van der Waals surface area contributed by atoms with Crippen molar-refractivity contribution < 1.29 is 17.9 Å². The molecular weight excluding hydrogens is 291 g/mol. The highest BCUT2D eigenvalue weighted by Crippen LogP contribution is 2.32. The lowest BCUT2D eigenvalue weighted by molar-refractivity contribution is -0.137. The van der Waals surface area contributed by atoms with E-state index in [0.29, 0.717) is 18.7 Å². The first-order valence-electron chi connectivity index (χ1n) is 7.00. The van der Waals surface area contributed by atoms with E-state index in [-0.39, 0.29) is 6.10 Å². The van der Waals surface area contributed by atoms with Crippen molar-refractivity contribution in [2.24, 2.45) is 0 Å². The maximum atomic E-state index is 12.7. The molecule has 2 rings (SSSR count). The second-order valence-electron chi connectivity index (χ2n) is 4.88. The van der Waals surface area contributed by atoms with Crippen LogP contribution in [0.1, 0.15) is 22.8 Å². The van der Waals surface area contributed by atoms with Gasteiger partial charge in [0.1, 0.15) is 6.10 Å². The van der Waals surface area contributed by atoms with Gasteiger partial charge in [-0.15, -0.1) is 0 Å². The van der Waals surface area contributed by atoms with E-state index in [1.54, 1.807) is 0 Å². The topological polar surface area (TPSA) is 21.3 Å². The van der Waals surface area contributed by atoms with Crippen LogP contribution in [-0.2, 0) is 10.9 Å². The van der Waals surface area contributed by atoms with Gasteiger partial charge in [0.25, 0.3) is 0 Å². The first-order chi connectivity index (χ1) is 10.5. The zero-order chi connectivity index (χ0) is 16.0. The number of rotatable bonds is 6. The Kier molecular flexibility index (Phi) is 5.57. The highest BCUT2D eigenvalue weighted by Gasteiger charge is 2.30. The summed E-state index contributed by atoms with van der Waals surface area (Å²) in [5.41, 5.74) is 0.965. The minimum Gasteiger partial charge on any atom is -0.367 e. The van der Waals surface area contributed by atoms with E-state index in [1.807, 2.05) is 37.4 Å². The van der Waals surface area contributed by atoms with Gasteiger partial charge in [-0.2, -0.15) is 13.2 Å². The van der Waals surface area contributed by atoms with Gasteiger partial charge in [-0.05, 0) is 30.3 Å². The second-order valence-corrected chi connectivity index (χ2v) is 4.88. The molecule has 0 saturated carbocycles. The van der Waals surface area contributed by atoms with Gasteiger partial charge in [0.05, 0.1) is 12.2 Å². The molecule has 0 amide bonds. The Morgan fingerprint density at radius 2 is 1.55 bits per heavy atom. The molecule has 22 heavy (non-hydrogen) atoms. The van der Waals surface area contributed by atoms with Crippen molar-refractivity contribution in [2.45, 2.75) is 12.3 Å². The third-order valence-corrected chi connectivity index (χ3v) is 3.28. The fraction of sp³-hybridized carbons (Fsp3) is 0.294. The molecule has 0 aliphatic heterocycles. The van der Waals surface area contributed by atoms with Crippen molar-refractivity contribution in [3.05, 3.63) is 71.3 Å². The quantitative estimate of drug-likeness (QED) is 0.813. The number of nitrogens with one attached hydrogen (secondary N) is 1. The van der Waals surface area contributed by atoms with Gasteiger partial charge in [0.2, 0.25) is 0 Å². The van der Waals surface area contributed by atoms with Gasteiger partial charge < -0.3 is 10.1 Å². The molecule has 2 aromatic carbocycles. The molecule has 118 valence electrons. The van der Waals surface area contributed by atoms with Crippen molar-refractivity contribution in [3.8, 4) is 0 Å². The fourth-order valence-corrected chi connectivity index (χ4v) is 2.14. The molecule has 2 nitrogen and oxygen atoms in total. The lowest BCUT2D eigenvalue weighted by Gasteiger charge is -2.19. The monoisotopic (exact) mass is 309 g/mol. The van der Waals surface area contributed by atoms with Gasteiger partial charge in [0.15, 0.2) is 0 Å². The summed E-state index contributed by atoms with van der Waals surface area (Å²) in [5, 5.41) is 2.98. The minimum absolute atomic E-state index is 0.378. The lowest BCUT2D eigenvalue weighted by atomic mass is 10.00. The normalized spacial score (nSPS) is 13.1. The fourth-order valence-electron chi connectivity index (χ4n) is 2.14. The first kappa shape index (κ1) is 16.5. The van der Waals surface area contributed by atoms with Crippen LogP contribution in [0.2, 0.25) is 0 Å². The Morgan fingerprint density at radius 3 is 2.09 bits per heavy atom. The summed E-state index contributed by atoms with van der Waals surface area (Å²) in [5.74, 6) is 0. The number of ether oxygens (including phenoxy) is 1. The number of likely N-dealkylation sites (N-methyl/N-ethyl adjacent to an activating group) is 1. The number of alkyl halides is 3. The predicted molar refractivity (Wildman–Crippen MR) is 79.6 cm³/mol. The second kappa shape index (κ2) is 7.42. The van der Waals surface area contributed by atoms with Gasteiger partial charge in [-0.1, -0.05) is 42.5 Å². The van der Waals surface area contributed by atoms with Crippen LogP contribution in [0.15, 0.2) is 54.6 Å². The molecule has 1 unspecified atom stereocenters. The van der Waals surface area contributed by atoms with Crippen molar-refractivity contribution in [2.75, 3.05) is 20.2 Å². The molecule has 0 fully saturated rings. The van der Waals surface area contributed by atoms with E-state index in [2.05, 4.69) is 5.32 Å². The standard InChI is InChI=1S/C17H18F3NO/c1-21-11-12-22-16(13-5-3-2-4-6-13)14-7-9-15(10-8-14)17(18,19)20/h2-10,16,21H,11-12H2,1H3. The van der Waals surface area contributed by atoms with Crippen molar-refractivity contribution >= 4 is 0 Å². The smallest absolute Gasteiger partial charge is 0.367 e. The van der Waals surface area contributed by atoms with E-state index in [0.717, 1.165) is 17.7 Å². The summed E-state index contributed by atoms with van der Waals surface area (Å²) < 4.78 is 43.8. The van der Waals surface area contributed by atoms with Crippen LogP contribution < -0.4 is 5.32 Å². The summed E-state index contributed by atoms with van der Waals surface area (Å²) in [7, 11) is 1.82. The molecule has 0 aliphatic rings. The Bertz CT molecular complexity index is 567. The van der Waals surface area contributed by atoms with Crippen molar-refractivity contribution in [3.63, 3.8) is 0 Å². The van der Waals surface area contributed by atoms with Gasteiger partial charge in [-0.3, -0.25) is 0 Å². The van der Waals surface area contributed by atoms with Gasteiger partial charge in [-0.25, -0.2) is 0 Å². The van der Waals surface area contributed by atoms with Crippen LogP contribution in [0.5, 0.6) is 0 Å². The molecule has 0 heterocycles. The van der Waals surface area contributed by atoms with E-state index < -0.39 is 11.7 Å². The molecule has 0 saturated heterocycles. The molecule has 1 N–H and O–H groups in total. The SMILES string of the molecule is CNCCOC(c1ccccc1)c1ccc(C(F)(F)F)cc1. The highest BCUT2D eigenvalue weighted by atomic mass is 19.4. The van der Waals surface area contributed by atoms with Crippen LogP contribution >= 0.6 is 0 Å². The molecule has 1 atom stereocenters. The van der Waals surface area contributed by atoms with E-state index in [4.69, 9.17) is 4.74 Å². The Labute approximate surface area is 127 Å². The number of hydrogen-bond donors (Lipinski definition) is 1.